The molecule has 0 spiro atoms. The Morgan fingerprint density at radius 1 is 0.889 bits per heavy atom. The third kappa shape index (κ3) is 13.4. The van der Waals surface area contributed by atoms with E-state index in [4.69, 9.17) is 4.74 Å². The molecule has 0 saturated carbocycles. The van der Waals surface area contributed by atoms with Crippen LogP contribution in [0.15, 0.2) is 47.6 Å². The fourth-order valence-corrected chi connectivity index (χ4v) is 6.26. The highest BCUT2D eigenvalue weighted by molar-refractivity contribution is 6.12. The van der Waals surface area contributed by atoms with Crippen molar-refractivity contribution < 1.29 is 38.3 Å². The third-order valence-corrected chi connectivity index (χ3v) is 9.21. The number of hydrogen-bond donors (Lipinski definition) is 3. The maximum absolute atomic E-state index is 14.0. The van der Waals surface area contributed by atoms with Gasteiger partial charge in [-0.15, -0.1) is 0 Å². The second-order valence-corrected chi connectivity index (χ2v) is 16.7. The predicted octanol–water partition coefficient (Wildman–Crippen LogP) is 2.80. The van der Waals surface area contributed by atoms with Crippen molar-refractivity contribution in [2.75, 3.05) is 40.8 Å². The molecule has 0 aromatic rings. The Morgan fingerprint density at radius 3 is 2.02 bits per heavy atom. The van der Waals surface area contributed by atoms with Crippen LogP contribution in [-0.2, 0) is 38.3 Å². The van der Waals surface area contributed by atoms with Gasteiger partial charge in [0.15, 0.2) is 0 Å². The van der Waals surface area contributed by atoms with Gasteiger partial charge in [0.2, 0.25) is 23.6 Å². The lowest BCUT2D eigenvalue weighted by molar-refractivity contribution is -0.155. The first-order chi connectivity index (χ1) is 24.9. The minimum absolute atomic E-state index is 0.0293. The number of amides is 6. The Bertz CT molecular complexity index is 1540. The first-order valence-electron chi connectivity index (χ1n) is 18.5. The molecule has 300 valence electrons. The normalized spacial score (nSPS) is 16.8. The molecule has 6 amide bonds. The number of allylic oxidation sites excluding steroid dienone is 3. The van der Waals surface area contributed by atoms with E-state index in [1.165, 1.54) is 11.8 Å². The minimum atomic E-state index is -1.15. The number of esters is 1. The third-order valence-electron chi connectivity index (χ3n) is 9.21. The first kappa shape index (κ1) is 45.6. The van der Waals surface area contributed by atoms with Gasteiger partial charge in [-0.1, -0.05) is 58.9 Å². The molecule has 2 unspecified atom stereocenters. The standard InChI is InChI=1S/C40H62N6O8/c1-26(34(50)42-28(18-21-31(49)54-39(5,6)7)35(51)41-23-25-46-29(47)19-20-30(46)48)22-24-45(12)37(53)32(38(2,3)4)43-36(52)33(44(10)11)40(8,9)27-16-14-13-15-17-27/h14,16-17,19-20,22,28,32-33H,13,15,18,21,23-25H2,1-12H3,(H,41,51)(H,42,50)(H,43,52)/b26-22+/t28-,32?,33?/m0/s1. The summed E-state index contributed by atoms with van der Waals surface area (Å²) in [5.41, 5.74) is -0.658. The number of nitrogens with one attached hydrogen (secondary N) is 3. The Balaban J connectivity index is 2.16. The highest BCUT2D eigenvalue weighted by Gasteiger charge is 2.43. The second-order valence-electron chi connectivity index (χ2n) is 16.7. The number of likely N-dealkylation sites (N-methyl/N-ethyl adjacent to an activating group) is 2. The van der Waals surface area contributed by atoms with Gasteiger partial charge in [-0.25, -0.2) is 0 Å². The summed E-state index contributed by atoms with van der Waals surface area (Å²) in [4.78, 5) is 94.9. The fraction of sp³-hybridized carbons (Fsp3) is 0.625. The van der Waals surface area contributed by atoms with E-state index >= 15 is 0 Å². The molecule has 0 aromatic heterocycles. The SMILES string of the molecule is C/C(=C\CN(C)C(=O)C(NC(=O)C(N(C)C)C(C)(C)C1=CCCC=C1)C(C)(C)C)C(=O)N[C@@H](CCC(=O)OC(C)(C)C)C(=O)NCCN1C(=O)C=CC1=O. The molecule has 2 aliphatic rings. The Hall–Kier alpha value is -4.59. The molecular weight excluding hydrogens is 692 g/mol. The van der Waals surface area contributed by atoms with Crippen molar-refractivity contribution in [2.24, 2.45) is 10.8 Å². The Kier molecular flexibility index (Phi) is 16.1. The molecule has 1 aliphatic carbocycles. The molecule has 0 aromatic carbocycles. The van der Waals surface area contributed by atoms with Crippen LogP contribution in [0.4, 0.5) is 0 Å². The minimum Gasteiger partial charge on any atom is -0.460 e. The van der Waals surface area contributed by atoms with Crippen molar-refractivity contribution >= 4 is 41.4 Å². The average Bonchev–Trinajstić information content (AvgIpc) is 3.38. The Morgan fingerprint density at radius 2 is 1.50 bits per heavy atom. The summed E-state index contributed by atoms with van der Waals surface area (Å²) in [6, 6.07) is -2.59. The largest absolute Gasteiger partial charge is 0.460 e. The number of carbonyl (C=O) groups excluding carboxylic acids is 7. The maximum atomic E-state index is 14.0. The molecule has 3 atom stereocenters. The van der Waals surface area contributed by atoms with E-state index in [9.17, 15) is 33.6 Å². The van der Waals surface area contributed by atoms with Crippen molar-refractivity contribution in [3.8, 4) is 0 Å². The van der Waals surface area contributed by atoms with E-state index < -0.39 is 64.2 Å². The van der Waals surface area contributed by atoms with Gasteiger partial charge in [0.05, 0.1) is 6.04 Å². The molecule has 2 rings (SSSR count). The van der Waals surface area contributed by atoms with E-state index in [1.807, 2.05) is 53.6 Å². The molecule has 0 saturated heterocycles. The van der Waals surface area contributed by atoms with E-state index in [-0.39, 0.29) is 49.9 Å². The van der Waals surface area contributed by atoms with Crippen LogP contribution in [0.5, 0.6) is 0 Å². The highest BCUT2D eigenvalue weighted by Crippen LogP contribution is 2.36. The van der Waals surface area contributed by atoms with Gasteiger partial charge in [0.1, 0.15) is 17.7 Å². The van der Waals surface area contributed by atoms with E-state index in [0.29, 0.717) is 0 Å². The van der Waals surface area contributed by atoms with Crippen molar-refractivity contribution in [1.82, 2.24) is 30.7 Å². The molecule has 14 heteroatoms. The number of hydrogen-bond acceptors (Lipinski definition) is 9. The van der Waals surface area contributed by atoms with E-state index in [2.05, 4.69) is 34.2 Å². The summed E-state index contributed by atoms with van der Waals surface area (Å²) in [5, 5.41) is 8.32. The number of ether oxygens (including phenoxy) is 1. The Labute approximate surface area is 320 Å². The van der Waals surface area contributed by atoms with Crippen LogP contribution in [0, 0.1) is 10.8 Å². The molecule has 14 nitrogen and oxygen atoms in total. The van der Waals surface area contributed by atoms with Gasteiger partial charge in [0.25, 0.3) is 11.8 Å². The van der Waals surface area contributed by atoms with Crippen molar-refractivity contribution in [3.63, 3.8) is 0 Å². The molecule has 0 bridgehead atoms. The van der Waals surface area contributed by atoms with Crippen LogP contribution in [0.25, 0.3) is 0 Å². The zero-order valence-electron chi connectivity index (χ0n) is 34.3. The van der Waals surface area contributed by atoms with Gasteiger partial charge in [-0.2, -0.15) is 0 Å². The maximum Gasteiger partial charge on any atom is 0.306 e. The molecule has 54 heavy (non-hydrogen) atoms. The predicted molar refractivity (Wildman–Crippen MR) is 206 cm³/mol. The molecule has 1 heterocycles. The lowest BCUT2D eigenvalue weighted by Crippen LogP contribution is -2.60. The smallest absolute Gasteiger partial charge is 0.306 e. The van der Waals surface area contributed by atoms with Crippen molar-refractivity contribution in [3.05, 3.63) is 47.6 Å². The summed E-state index contributed by atoms with van der Waals surface area (Å²) in [6.45, 7) is 16.3. The summed E-state index contributed by atoms with van der Waals surface area (Å²) >= 11 is 0. The van der Waals surface area contributed by atoms with Gasteiger partial charge >= 0.3 is 5.97 Å². The van der Waals surface area contributed by atoms with E-state index in [1.54, 1.807) is 33.9 Å². The van der Waals surface area contributed by atoms with Gasteiger partial charge in [0, 0.05) is 56.2 Å². The van der Waals surface area contributed by atoms with Crippen LogP contribution < -0.4 is 16.0 Å². The number of nitrogens with zero attached hydrogens (tertiary/aromatic N) is 3. The van der Waals surface area contributed by atoms with Gasteiger partial charge < -0.3 is 25.6 Å². The van der Waals surface area contributed by atoms with Crippen LogP contribution in [-0.4, -0.2) is 121 Å². The zero-order valence-corrected chi connectivity index (χ0v) is 34.3. The van der Waals surface area contributed by atoms with Gasteiger partial charge in [-0.05, 0) is 72.0 Å². The monoisotopic (exact) mass is 754 g/mol. The summed E-state index contributed by atoms with van der Waals surface area (Å²) in [7, 11) is 5.28. The molecule has 1 aliphatic heterocycles. The molecular formula is C40H62N6O8. The second kappa shape index (κ2) is 19.1. The fourth-order valence-electron chi connectivity index (χ4n) is 6.26. The van der Waals surface area contributed by atoms with Gasteiger partial charge in [-0.3, -0.25) is 43.4 Å². The number of carbonyl (C=O) groups is 7. The molecule has 0 fully saturated rings. The number of rotatable bonds is 17. The summed E-state index contributed by atoms with van der Waals surface area (Å²) < 4.78 is 5.36. The van der Waals surface area contributed by atoms with Crippen LogP contribution in [0.1, 0.15) is 88.0 Å². The van der Waals surface area contributed by atoms with Crippen LogP contribution >= 0.6 is 0 Å². The zero-order chi connectivity index (χ0) is 41.2. The van der Waals surface area contributed by atoms with Crippen LogP contribution in [0.3, 0.4) is 0 Å². The lowest BCUT2D eigenvalue weighted by Gasteiger charge is -2.41. The summed E-state index contributed by atoms with van der Waals surface area (Å²) in [6.07, 6.45) is 11.8. The average molecular weight is 755 g/mol. The van der Waals surface area contributed by atoms with Crippen molar-refractivity contribution in [1.29, 1.82) is 0 Å². The van der Waals surface area contributed by atoms with E-state index in [0.717, 1.165) is 35.5 Å². The molecule has 0 radical (unpaired) electrons. The summed E-state index contributed by atoms with van der Waals surface area (Å²) in [5.74, 6) is -3.36. The first-order valence-corrected chi connectivity index (χ1v) is 18.5. The van der Waals surface area contributed by atoms with Crippen LogP contribution in [0.2, 0.25) is 0 Å². The van der Waals surface area contributed by atoms with Crippen molar-refractivity contribution in [2.45, 2.75) is 112 Å². The quantitative estimate of drug-likeness (QED) is 0.115. The number of imide groups is 1. The topological polar surface area (TPSA) is 175 Å². The lowest BCUT2D eigenvalue weighted by atomic mass is 9.74. The highest BCUT2D eigenvalue weighted by atomic mass is 16.6. The molecule has 3 N–H and O–H groups in total.